The maximum Gasteiger partial charge on any atom is 0.339 e. The number of H-pyrrole nitrogens is 1. The number of hydrogen-bond acceptors (Lipinski definition) is 6. The summed E-state index contributed by atoms with van der Waals surface area (Å²) in [5.41, 5.74) is 0.675. The molecule has 6 nitrogen and oxygen atoms in total. The van der Waals surface area contributed by atoms with Gasteiger partial charge in [0.1, 0.15) is 4.83 Å². The SMILES string of the molecule is COC(=O)c1csc2[nH]c(=O)n(-c3cccc(SC(C)c4ccccc4)c3)c(=O)c12. The number of fused-ring (bicyclic) bond motifs is 1. The van der Waals surface area contributed by atoms with Crippen LogP contribution in [0, 0.1) is 0 Å². The molecule has 0 spiro atoms. The summed E-state index contributed by atoms with van der Waals surface area (Å²) in [6.45, 7) is 2.10. The summed E-state index contributed by atoms with van der Waals surface area (Å²) in [4.78, 5) is 41.8. The summed E-state index contributed by atoms with van der Waals surface area (Å²) in [5, 5.41) is 1.87. The van der Waals surface area contributed by atoms with Crippen LogP contribution in [0.5, 0.6) is 0 Å². The Morgan fingerprint density at radius 2 is 1.90 bits per heavy atom. The second kappa shape index (κ2) is 8.33. The van der Waals surface area contributed by atoms with Crippen molar-refractivity contribution < 1.29 is 9.53 Å². The Labute approximate surface area is 180 Å². The molecule has 0 saturated carbocycles. The van der Waals surface area contributed by atoms with E-state index in [0.29, 0.717) is 10.5 Å². The second-order valence-corrected chi connectivity index (χ2v) is 8.88. The van der Waals surface area contributed by atoms with Crippen molar-refractivity contribution in [2.75, 3.05) is 7.11 Å². The molecular formula is C22H18N2O4S2. The van der Waals surface area contributed by atoms with E-state index in [0.717, 1.165) is 20.8 Å². The highest BCUT2D eigenvalue weighted by Crippen LogP contribution is 2.35. The van der Waals surface area contributed by atoms with Crippen LogP contribution in [0.15, 0.2) is 74.5 Å². The quantitative estimate of drug-likeness (QED) is 0.369. The molecule has 30 heavy (non-hydrogen) atoms. The lowest BCUT2D eigenvalue weighted by molar-refractivity contribution is 0.0603. The van der Waals surface area contributed by atoms with Gasteiger partial charge in [-0.3, -0.25) is 9.78 Å². The molecule has 4 aromatic rings. The lowest BCUT2D eigenvalue weighted by Gasteiger charge is -2.13. The van der Waals surface area contributed by atoms with Crippen LogP contribution in [0.1, 0.15) is 28.1 Å². The Morgan fingerprint density at radius 3 is 2.63 bits per heavy atom. The zero-order valence-electron chi connectivity index (χ0n) is 16.2. The van der Waals surface area contributed by atoms with Crippen molar-refractivity contribution in [2.24, 2.45) is 0 Å². The Balaban J connectivity index is 1.78. The fourth-order valence-corrected chi connectivity index (χ4v) is 5.16. The lowest BCUT2D eigenvalue weighted by Crippen LogP contribution is -2.33. The number of carbonyl (C=O) groups excluding carboxylic acids is 1. The van der Waals surface area contributed by atoms with E-state index >= 15 is 0 Å². The first-order valence-corrected chi connectivity index (χ1v) is 10.9. The smallest absolute Gasteiger partial charge is 0.339 e. The molecule has 4 rings (SSSR count). The van der Waals surface area contributed by atoms with Gasteiger partial charge in [-0.1, -0.05) is 36.4 Å². The minimum atomic E-state index is -0.613. The summed E-state index contributed by atoms with van der Waals surface area (Å²) < 4.78 is 5.82. The topological polar surface area (TPSA) is 81.2 Å². The summed E-state index contributed by atoms with van der Waals surface area (Å²) in [6, 6.07) is 17.3. The van der Waals surface area contributed by atoms with Gasteiger partial charge in [0.25, 0.3) is 5.56 Å². The highest BCUT2D eigenvalue weighted by molar-refractivity contribution is 7.99. The van der Waals surface area contributed by atoms with Gasteiger partial charge in [0.2, 0.25) is 0 Å². The molecule has 2 aromatic heterocycles. The van der Waals surface area contributed by atoms with Crippen LogP contribution in [0.3, 0.4) is 0 Å². The van der Waals surface area contributed by atoms with Crippen LogP contribution < -0.4 is 11.2 Å². The van der Waals surface area contributed by atoms with Crippen molar-refractivity contribution in [1.29, 1.82) is 0 Å². The molecule has 0 bridgehead atoms. The fraction of sp³-hybridized carbons (Fsp3) is 0.136. The molecule has 1 N–H and O–H groups in total. The first-order chi connectivity index (χ1) is 14.5. The number of methoxy groups -OCH3 is 1. The number of hydrogen-bond donors (Lipinski definition) is 1. The normalized spacial score (nSPS) is 12.1. The number of thioether (sulfide) groups is 1. The van der Waals surface area contributed by atoms with Crippen LogP contribution in [0.25, 0.3) is 15.9 Å². The molecule has 0 aliphatic carbocycles. The molecule has 1 unspecified atom stereocenters. The van der Waals surface area contributed by atoms with Gasteiger partial charge >= 0.3 is 11.7 Å². The molecular weight excluding hydrogens is 420 g/mol. The molecule has 152 valence electrons. The van der Waals surface area contributed by atoms with Crippen molar-refractivity contribution in [3.8, 4) is 5.69 Å². The molecule has 8 heteroatoms. The van der Waals surface area contributed by atoms with Gasteiger partial charge in [0.05, 0.1) is 23.7 Å². The van der Waals surface area contributed by atoms with Crippen LogP contribution >= 0.6 is 23.1 Å². The number of rotatable bonds is 5. The second-order valence-electron chi connectivity index (χ2n) is 6.58. The number of nitrogens with zero attached hydrogens (tertiary/aromatic N) is 1. The first kappa shape index (κ1) is 20.2. The minimum absolute atomic E-state index is 0.149. The Kier molecular flexibility index (Phi) is 5.61. The van der Waals surface area contributed by atoms with E-state index in [4.69, 9.17) is 4.74 Å². The average Bonchev–Trinajstić information content (AvgIpc) is 3.18. The number of thiophene rings is 1. The molecule has 0 aliphatic rings. The molecule has 0 amide bonds. The molecule has 1 atom stereocenters. The molecule has 0 aliphatic heterocycles. The van der Waals surface area contributed by atoms with Gasteiger partial charge < -0.3 is 4.74 Å². The van der Waals surface area contributed by atoms with Crippen LogP contribution in [-0.2, 0) is 4.74 Å². The van der Waals surface area contributed by atoms with Crippen molar-refractivity contribution >= 4 is 39.3 Å². The Bertz CT molecular complexity index is 1340. The summed E-state index contributed by atoms with van der Waals surface area (Å²) in [6.07, 6.45) is 0. The van der Waals surface area contributed by atoms with E-state index in [1.54, 1.807) is 30.0 Å². The summed E-state index contributed by atoms with van der Waals surface area (Å²) in [5.74, 6) is -0.613. The molecule has 0 saturated heterocycles. The number of benzene rings is 2. The van der Waals surface area contributed by atoms with Gasteiger partial charge in [0.15, 0.2) is 0 Å². The van der Waals surface area contributed by atoms with Gasteiger partial charge in [-0.15, -0.1) is 23.1 Å². The molecule has 0 fully saturated rings. The minimum Gasteiger partial charge on any atom is -0.465 e. The van der Waals surface area contributed by atoms with E-state index in [-0.39, 0.29) is 16.2 Å². The van der Waals surface area contributed by atoms with Gasteiger partial charge in [-0.2, -0.15) is 0 Å². The number of carbonyl (C=O) groups is 1. The van der Waals surface area contributed by atoms with Crippen LogP contribution in [0.2, 0.25) is 0 Å². The third kappa shape index (κ3) is 3.71. The van der Waals surface area contributed by atoms with Crippen molar-refractivity contribution in [3.63, 3.8) is 0 Å². The van der Waals surface area contributed by atoms with E-state index < -0.39 is 17.2 Å². The summed E-state index contributed by atoms with van der Waals surface area (Å²) in [7, 11) is 1.25. The number of nitrogens with one attached hydrogen (secondary N) is 1. The number of esters is 1. The van der Waals surface area contributed by atoms with Crippen molar-refractivity contribution in [3.05, 3.63) is 91.9 Å². The van der Waals surface area contributed by atoms with Crippen molar-refractivity contribution in [2.45, 2.75) is 17.1 Å². The highest BCUT2D eigenvalue weighted by Gasteiger charge is 2.20. The third-order valence-electron chi connectivity index (χ3n) is 4.69. The fourth-order valence-electron chi connectivity index (χ4n) is 3.21. The molecule has 2 heterocycles. The number of aromatic amines is 1. The van der Waals surface area contributed by atoms with E-state index in [2.05, 4.69) is 24.0 Å². The Hall–Kier alpha value is -3.10. The van der Waals surface area contributed by atoms with Gasteiger partial charge in [-0.25, -0.2) is 14.2 Å². The zero-order valence-corrected chi connectivity index (χ0v) is 17.9. The molecule has 0 radical (unpaired) electrons. The van der Waals surface area contributed by atoms with Crippen LogP contribution in [-0.4, -0.2) is 22.6 Å². The third-order valence-corrected chi connectivity index (χ3v) is 6.74. The highest BCUT2D eigenvalue weighted by atomic mass is 32.2. The maximum absolute atomic E-state index is 13.1. The van der Waals surface area contributed by atoms with Crippen molar-refractivity contribution in [1.82, 2.24) is 9.55 Å². The van der Waals surface area contributed by atoms with Gasteiger partial charge in [0, 0.05) is 15.5 Å². The predicted molar refractivity (Wildman–Crippen MR) is 120 cm³/mol. The van der Waals surface area contributed by atoms with Gasteiger partial charge in [-0.05, 0) is 30.7 Å². The van der Waals surface area contributed by atoms with E-state index in [1.807, 2.05) is 24.3 Å². The molecule has 2 aromatic carbocycles. The predicted octanol–water partition coefficient (Wildman–Crippen LogP) is 4.38. The lowest BCUT2D eigenvalue weighted by atomic mass is 10.2. The largest absolute Gasteiger partial charge is 0.465 e. The maximum atomic E-state index is 13.1. The Morgan fingerprint density at radius 1 is 1.13 bits per heavy atom. The number of aromatic nitrogens is 2. The van der Waals surface area contributed by atoms with E-state index in [9.17, 15) is 14.4 Å². The van der Waals surface area contributed by atoms with Crippen LogP contribution in [0.4, 0.5) is 0 Å². The number of ether oxygens (including phenoxy) is 1. The first-order valence-electron chi connectivity index (χ1n) is 9.16. The summed E-state index contributed by atoms with van der Waals surface area (Å²) >= 11 is 2.76. The average molecular weight is 439 g/mol. The standard InChI is InChI=1S/C22H18N2O4S2/c1-13(14-7-4-3-5-8-14)30-16-10-6-9-15(11-16)24-20(25)18-17(21(26)28-2)12-29-19(18)23-22(24)27/h3-13H,1-2H3,(H,23,27). The van der Waals surface area contributed by atoms with E-state index in [1.165, 1.54) is 18.1 Å². The monoisotopic (exact) mass is 438 g/mol. The zero-order chi connectivity index (χ0) is 21.3.